The van der Waals surface area contributed by atoms with Crippen molar-refractivity contribution in [3.05, 3.63) is 64.7 Å². The van der Waals surface area contributed by atoms with Crippen molar-refractivity contribution in [3.8, 4) is 5.69 Å². The number of methoxy groups -OCH3 is 1. The van der Waals surface area contributed by atoms with Crippen molar-refractivity contribution in [1.82, 2.24) is 14.1 Å². The standard InChI is InChI=1S/C22H27N3O2S/c1-15-13-20(18(4)25(15)19-9-7-6-8-10-19)21(26)14-28-22-23-16(2)17(3)24(22)11-12-27-5/h6-10,13H,11-12,14H2,1-5H3. The summed E-state index contributed by atoms with van der Waals surface area (Å²) in [5.74, 6) is 0.485. The fourth-order valence-corrected chi connectivity index (χ4v) is 4.41. The number of ether oxygens (including phenoxy) is 1. The lowest BCUT2D eigenvalue weighted by molar-refractivity contribution is 0.102. The Balaban J connectivity index is 1.79. The highest BCUT2D eigenvalue weighted by Gasteiger charge is 2.19. The lowest BCUT2D eigenvalue weighted by Crippen LogP contribution is -2.09. The smallest absolute Gasteiger partial charge is 0.175 e. The molecule has 0 atom stereocenters. The number of para-hydroxylation sites is 1. The highest BCUT2D eigenvalue weighted by Crippen LogP contribution is 2.25. The molecule has 0 aliphatic carbocycles. The zero-order valence-electron chi connectivity index (χ0n) is 17.2. The van der Waals surface area contributed by atoms with Crippen LogP contribution < -0.4 is 0 Å². The molecular weight excluding hydrogens is 370 g/mol. The number of thioether (sulfide) groups is 1. The molecular formula is C22H27N3O2S. The van der Waals surface area contributed by atoms with Crippen LogP contribution in [0.25, 0.3) is 5.69 Å². The topological polar surface area (TPSA) is 49.0 Å². The van der Waals surface area contributed by atoms with Gasteiger partial charge in [-0.2, -0.15) is 0 Å². The number of carbonyl (C=O) groups excluding carboxylic acids is 1. The van der Waals surface area contributed by atoms with Gasteiger partial charge in [0.15, 0.2) is 10.9 Å². The number of nitrogens with zero attached hydrogens (tertiary/aromatic N) is 3. The van der Waals surface area contributed by atoms with Crippen molar-refractivity contribution in [2.24, 2.45) is 0 Å². The number of ketones is 1. The van der Waals surface area contributed by atoms with Gasteiger partial charge in [0.1, 0.15) is 0 Å². The summed E-state index contributed by atoms with van der Waals surface area (Å²) < 4.78 is 9.47. The van der Waals surface area contributed by atoms with Gasteiger partial charge in [-0.3, -0.25) is 4.79 Å². The number of aromatic nitrogens is 3. The Morgan fingerprint density at radius 2 is 1.82 bits per heavy atom. The first kappa shape index (κ1) is 20.4. The number of benzene rings is 1. The first-order valence-electron chi connectivity index (χ1n) is 9.37. The molecule has 0 spiro atoms. The molecule has 148 valence electrons. The van der Waals surface area contributed by atoms with Crippen LogP contribution in [0.3, 0.4) is 0 Å². The van der Waals surface area contributed by atoms with E-state index < -0.39 is 0 Å². The Hall–Kier alpha value is -2.31. The molecule has 2 heterocycles. The van der Waals surface area contributed by atoms with Gasteiger partial charge in [0.05, 0.1) is 18.1 Å². The Morgan fingerprint density at radius 3 is 2.50 bits per heavy atom. The van der Waals surface area contributed by atoms with Crippen LogP contribution in [-0.4, -0.2) is 39.4 Å². The molecule has 0 aliphatic rings. The predicted molar refractivity (Wildman–Crippen MR) is 114 cm³/mol. The highest BCUT2D eigenvalue weighted by atomic mass is 32.2. The maximum atomic E-state index is 13.0. The van der Waals surface area contributed by atoms with Gasteiger partial charge in [-0.15, -0.1) is 0 Å². The molecule has 2 aromatic heterocycles. The van der Waals surface area contributed by atoms with Crippen molar-refractivity contribution >= 4 is 17.5 Å². The van der Waals surface area contributed by atoms with Crippen LogP contribution in [0.4, 0.5) is 0 Å². The van der Waals surface area contributed by atoms with Gasteiger partial charge in [0, 0.05) is 42.0 Å². The average molecular weight is 398 g/mol. The molecule has 0 bridgehead atoms. The third-order valence-corrected chi connectivity index (χ3v) is 6.00. The van der Waals surface area contributed by atoms with E-state index in [1.54, 1.807) is 7.11 Å². The summed E-state index contributed by atoms with van der Waals surface area (Å²) in [6, 6.07) is 12.1. The number of hydrogen-bond donors (Lipinski definition) is 0. The Labute approximate surface area is 170 Å². The molecule has 0 amide bonds. The Kier molecular flexibility index (Phi) is 6.42. The van der Waals surface area contributed by atoms with Crippen molar-refractivity contribution in [2.45, 2.75) is 39.4 Å². The second kappa shape index (κ2) is 8.80. The molecule has 0 radical (unpaired) electrons. The quantitative estimate of drug-likeness (QED) is 0.414. The second-order valence-electron chi connectivity index (χ2n) is 6.88. The van der Waals surface area contributed by atoms with Gasteiger partial charge in [-0.25, -0.2) is 4.98 Å². The van der Waals surface area contributed by atoms with Crippen LogP contribution >= 0.6 is 11.8 Å². The summed E-state index contributed by atoms with van der Waals surface area (Å²) in [6.07, 6.45) is 0. The van der Waals surface area contributed by atoms with E-state index in [0.717, 1.165) is 45.7 Å². The number of rotatable bonds is 8. The van der Waals surface area contributed by atoms with E-state index >= 15 is 0 Å². The van der Waals surface area contributed by atoms with Gasteiger partial charge in [-0.05, 0) is 45.9 Å². The van der Waals surface area contributed by atoms with E-state index in [1.807, 2.05) is 45.0 Å². The molecule has 3 rings (SSSR count). The van der Waals surface area contributed by atoms with Gasteiger partial charge < -0.3 is 13.9 Å². The third-order valence-electron chi connectivity index (χ3n) is 5.02. The summed E-state index contributed by atoms with van der Waals surface area (Å²) in [5.41, 5.74) is 6.00. The van der Waals surface area contributed by atoms with E-state index in [0.29, 0.717) is 12.4 Å². The van der Waals surface area contributed by atoms with E-state index in [4.69, 9.17) is 4.74 Å². The first-order chi connectivity index (χ1) is 13.4. The molecule has 6 heteroatoms. The van der Waals surface area contributed by atoms with Crippen LogP contribution in [0, 0.1) is 27.7 Å². The zero-order chi connectivity index (χ0) is 20.3. The van der Waals surface area contributed by atoms with Crippen LogP contribution in [-0.2, 0) is 11.3 Å². The predicted octanol–water partition coefficient (Wildman–Crippen LogP) is 4.53. The van der Waals surface area contributed by atoms with Crippen molar-refractivity contribution in [2.75, 3.05) is 19.5 Å². The van der Waals surface area contributed by atoms with Crippen LogP contribution in [0.2, 0.25) is 0 Å². The number of hydrogen-bond acceptors (Lipinski definition) is 4. The van der Waals surface area contributed by atoms with Crippen LogP contribution in [0.1, 0.15) is 33.1 Å². The SMILES string of the molecule is COCCn1c(SCC(=O)c2cc(C)n(-c3ccccc3)c2C)nc(C)c1C. The minimum atomic E-state index is 0.122. The summed E-state index contributed by atoms with van der Waals surface area (Å²) in [7, 11) is 1.69. The molecule has 0 N–H and O–H groups in total. The van der Waals surface area contributed by atoms with E-state index in [9.17, 15) is 4.79 Å². The molecule has 0 saturated carbocycles. The van der Waals surface area contributed by atoms with E-state index in [1.165, 1.54) is 11.8 Å². The van der Waals surface area contributed by atoms with Gasteiger partial charge in [-0.1, -0.05) is 30.0 Å². The van der Waals surface area contributed by atoms with E-state index in [-0.39, 0.29) is 5.78 Å². The fraction of sp³-hybridized carbons (Fsp3) is 0.364. The monoisotopic (exact) mass is 397 g/mol. The molecule has 3 aromatic rings. The highest BCUT2D eigenvalue weighted by molar-refractivity contribution is 7.99. The molecule has 0 unspecified atom stereocenters. The van der Waals surface area contributed by atoms with Gasteiger partial charge >= 0.3 is 0 Å². The van der Waals surface area contributed by atoms with Crippen molar-refractivity contribution in [3.63, 3.8) is 0 Å². The Bertz CT molecular complexity index is 974. The van der Waals surface area contributed by atoms with Crippen molar-refractivity contribution < 1.29 is 9.53 Å². The third kappa shape index (κ3) is 4.08. The van der Waals surface area contributed by atoms with E-state index in [2.05, 4.69) is 33.2 Å². The number of carbonyl (C=O) groups is 1. The summed E-state index contributed by atoms with van der Waals surface area (Å²) in [4.78, 5) is 17.6. The minimum Gasteiger partial charge on any atom is -0.383 e. The molecule has 1 aromatic carbocycles. The largest absolute Gasteiger partial charge is 0.383 e. The summed E-state index contributed by atoms with van der Waals surface area (Å²) >= 11 is 1.49. The zero-order valence-corrected chi connectivity index (χ0v) is 18.0. The molecule has 0 saturated heterocycles. The molecule has 28 heavy (non-hydrogen) atoms. The van der Waals surface area contributed by atoms with Crippen molar-refractivity contribution in [1.29, 1.82) is 0 Å². The normalized spacial score (nSPS) is 11.2. The lowest BCUT2D eigenvalue weighted by Gasteiger charge is -2.10. The molecule has 0 fully saturated rings. The van der Waals surface area contributed by atoms with Crippen LogP contribution in [0.5, 0.6) is 0 Å². The maximum Gasteiger partial charge on any atom is 0.175 e. The number of Topliss-reactive ketones (excluding diaryl/α,β-unsaturated/α-hetero) is 1. The maximum absolute atomic E-state index is 13.0. The first-order valence-corrected chi connectivity index (χ1v) is 10.4. The molecule has 5 nitrogen and oxygen atoms in total. The number of aryl methyl sites for hydroxylation is 2. The van der Waals surface area contributed by atoms with Crippen LogP contribution in [0.15, 0.2) is 41.6 Å². The molecule has 0 aliphatic heterocycles. The van der Waals surface area contributed by atoms with Gasteiger partial charge in [0.2, 0.25) is 0 Å². The Morgan fingerprint density at radius 1 is 1.11 bits per heavy atom. The average Bonchev–Trinajstić information content (AvgIpc) is 3.14. The fourth-order valence-electron chi connectivity index (χ4n) is 3.41. The number of imidazole rings is 1. The summed E-state index contributed by atoms with van der Waals surface area (Å²) in [5, 5.41) is 0.872. The lowest BCUT2D eigenvalue weighted by atomic mass is 10.2. The second-order valence-corrected chi connectivity index (χ2v) is 7.82. The summed E-state index contributed by atoms with van der Waals surface area (Å²) in [6.45, 7) is 9.45. The minimum absolute atomic E-state index is 0.122. The van der Waals surface area contributed by atoms with Gasteiger partial charge in [0.25, 0.3) is 0 Å².